The van der Waals surface area contributed by atoms with Gasteiger partial charge in [0.1, 0.15) is 0 Å². The molecule has 8 nitrogen and oxygen atoms in total. The molecular formula is C54H64N8. The van der Waals surface area contributed by atoms with Crippen LogP contribution < -0.4 is 11.5 Å². The molecule has 6 heterocycles. The summed E-state index contributed by atoms with van der Waals surface area (Å²) in [6, 6.07) is 26.9. The first-order valence-electron chi connectivity index (χ1n) is 22.3. The molecule has 2 unspecified atom stereocenters. The molecule has 62 heavy (non-hydrogen) atoms. The Morgan fingerprint density at radius 1 is 0.484 bits per heavy atom. The molecule has 320 valence electrons. The van der Waals surface area contributed by atoms with Crippen molar-refractivity contribution in [2.24, 2.45) is 11.5 Å². The summed E-state index contributed by atoms with van der Waals surface area (Å²) in [4.78, 5) is 13.4. The summed E-state index contributed by atoms with van der Waals surface area (Å²) in [5.41, 5.74) is 26.6. The first-order chi connectivity index (χ1) is 29.9. The monoisotopic (exact) mass is 825 g/mol. The third kappa shape index (κ3) is 9.25. The molecule has 9 aromatic rings. The van der Waals surface area contributed by atoms with Gasteiger partial charge in [-0.15, -0.1) is 12.3 Å². The molecule has 0 fully saturated rings. The van der Waals surface area contributed by atoms with Crippen LogP contribution in [-0.2, 0) is 19.6 Å². The third-order valence-electron chi connectivity index (χ3n) is 12.1. The number of hydrogen-bond donors (Lipinski definition) is 2. The van der Waals surface area contributed by atoms with Gasteiger partial charge in [0.15, 0.2) is 0 Å². The maximum atomic E-state index is 5.89. The van der Waals surface area contributed by atoms with Gasteiger partial charge in [-0.2, -0.15) is 0 Å². The van der Waals surface area contributed by atoms with Gasteiger partial charge in [-0.25, -0.2) is 0 Å². The lowest BCUT2D eigenvalue weighted by Gasteiger charge is -2.10. The number of rotatable bonds is 11. The molecule has 0 saturated heterocycles. The van der Waals surface area contributed by atoms with Gasteiger partial charge in [-0.1, -0.05) is 36.4 Å². The number of benzene rings is 3. The lowest BCUT2D eigenvalue weighted by molar-refractivity contribution is 0.573. The zero-order valence-electron chi connectivity index (χ0n) is 38.1. The third-order valence-corrected chi connectivity index (χ3v) is 12.1. The quantitative estimate of drug-likeness (QED) is 0.0998. The van der Waals surface area contributed by atoms with E-state index in [-0.39, 0.29) is 12.1 Å². The standard InChI is InChI=1S/2C18H23N3.C18H18N2/c2*1-12-6-7-15-16-8-9-20-14(3)18(16)21(17(15)11-12)10-4-5-13(2)19;1-4-5-6-11-20-17-12-13(2)7-8-15(17)16-9-10-19-14(3)18(16)20/h2*6-9,11,13H,4-5,10,19H2,1-3H3;1,7-10,12H,5-6,11H2,2-3H3. The first-order valence-corrected chi connectivity index (χ1v) is 22.3. The van der Waals surface area contributed by atoms with Gasteiger partial charge < -0.3 is 25.2 Å². The van der Waals surface area contributed by atoms with Gasteiger partial charge >= 0.3 is 0 Å². The van der Waals surface area contributed by atoms with Crippen molar-refractivity contribution < 1.29 is 0 Å². The van der Waals surface area contributed by atoms with Crippen LogP contribution in [0.5, 0.6) is 0 Å². The highest BCUT2D eigenvalue weighted by atomic mass is 15.0. The topological polar surface area (TPSA) is 105 Å². The minimum absolute atomic E-state index is 0.263. The van der Waals surface area contributed by atoms with Gasteiger partial charge in [-0.3, -0.25) is 15.0 Å². The van der Waals surface area contributed by atoms with Gasteiger partial charge in [0.25, 0.3) is 0 Å². The summed E-state index contributed by atoms with van der Waals surface area (Å²) in [5, 5.41) is 7.84. The largest absolute Gasteiger partial charge is 0.339 e. The minimum Gasteiger partial charge on any atom is -0.339 e. The normalized spacial score (nSPS) is 12.5. The van der Waals surface area contributed by atoms with Crippen molar-refractivity contribution in [1.29, 1.82) is 0 Å². The van der Waals surface area contributed by atoms with Crippen molar-refractivity contribution in [3.63, 3.8) is 0 Å². The van der Waals surface area contributed by atoms with E-state index in [1.165, 1.54) is 82.1 Å². The number of pyridine rings is 3. The molecule has 3 aromatic carbocycles. The predicted molar refractivity (Wildman–Crippen MR) is 264 cm³/mol. The Morgan fingerprint density at radius 2 is 0.806 bits per heavy atom. The number of terminal acetylenes is 1. The average Bonchev–Trinajstić information content (AvgIpc) is 3.84. The lowest BCUT2D eigenvalue weighted by atomic mass is 10.1. The van der Waals surface area contributed by atoms with E-state index in [4.69, 9.17) is 17.9 Å². The molecule has 2 atom stereocenters. The number of aromatic nitrogens is 6. The molecule has 4 N–H and O–H groups in total. The van der Waals surface area contributed by atoms with Crippen LogP contribution in [0.4, 0.5) is 0 Å². The van der Waals surface area contributed by atoms with Crippen LogP contribution in [0.15, 0.2) is 91.4 Å². The van der Waals surface area contributed by atoms with E-state index in [9.17, 15) is 0 Å². The molecule has 0 aliphatic carbocycles. The van der Waals surface area contributed by atoms with E-state index in [0.29, 0.717) is 0 Å². The number of hydrogen-bond acceptors (Lipinski definition) is 5. The fraction of sp³-hybridized carbons (Fsp3) is 0.352. The molecule has 8 heteroatoms. The highest BCUT2D eigenvalue weighted by molar-refractivity contribution is 6.10. The maximum Gasteiger partial charge on any atom is 0.0707 e. The van der Waals surface area contributed by atoms with Crippen molar-refractivity contribution in [3.05, 3.63) is 125 Å². The smallest absolute Gasteiger partial charge is 0.0707 e. The zero-order chi connectivity index (χ0) is 44.1. The number of nitrogens with zero attached hydrogens (tertiary/aromatic N) is 6. The van der Waals surface area contributed by atoms with E-state index in [2.05, 4.69) is 163 Å². The zero-order valence-corrected chi connectivity index (χ0v) is 38.1. The van der Waals surface area contributed by atoms with Gasteiger partial charge in [0.2, 0.25) is 0 Å². The number of aryl methyl sites for hydroxylation is 9. The first kappa shape index (κ1) is 44.1. The maximum absolute atomic E-state index is 5.89. The summed E-state index contributed by atoms with van der Waals surface area (Å²) >= 11 is 0. The van der Waals surface area contributed by atoms with E-state index in [1.54, 1.807) is 0 Å². The molecule has 6 aromatic heterocycles. The van der Waals surface area contributed by atoms with Crippen molar-refractivity contribution in [1.82, 2.24) is 28.7 Å². The molecule has 0 amide bonds. The number of fused-ring (bicyclic) bond motifs is 9. The molecule has 9 rings (SSSR count). The average molecular weight is 825 g/mol. The second kappa shape index (κ2) is 19.4. The summed E-state index contributed by atoms with van der Waals surface area (Å²) in [6.45, 7) is 19.8. The van der Waals surface area contributed by atoms with Crippen molar-refractivity contribution in [2.45, 2.75) is 126 Å². The van der Waals surface area contributed by atoms with E-state index < -0.39 is 0 Å². The molecular weight excluding hydrogens is 761 g/mol. The molecule has 0 aliphatic rings. The fourth-order valence-corrected chi connectivity index (χ4v) is 9.17. The summed E-state index contributed by atoms with van der Waals surface area (Å²) in [6.07, 6.45) is 17.2. The highest BCUT2D eigenvalue weighted by Crippen LogP contribution is 2.34. The van der Waals surface area contributed by atoms with Crippen LogP contribution in [-0.4, -0.2) is 40.7 Å². The summed E-state index contributed by atoms with van der Waals surface area (Å²) < 4.78 is 7.21. The Hall–Kier alpha value is -6.01. The Balaban J connectivity index is 0.000000140. The highest BCUT2D eigenvalue weighted by Gasteiger charge is 2.16. The van der Waals surface area contributed by atoms with E-state index in [1.807, 2.05) is 18.6 Å². The van der Waals surface area contributed by atoms with Crippen molar-refractivity contribution in [2.75, 3.05) is 0 Å². The van der Waals surface area contributed by atoms with Gasteiger partial charge in [-0.05, 0) is 141 Å². The van der Waals surface area contributed by atoms with Crippen LogP contribution >= 0.6 is 0 Å². The van der Waals surface area contributed by atoms with Gasteiger partial charge in [0.05, 0.1) is 33.6 Å². The minimum atomic E-state index is 0.263. The molecule has 0 saturated carbocycles. The van der Waals surface area contributed by atoms with Crippen LogP contribution in [0.2, 0.25) is 0 Å². The fourth-order valence-electron chi connectivity index (χ4n) is 9.17. The Morgan fingerprint density at radius 3 is 1.11 bits per heavy atom. The Bertz CT molecular complexity index is 2910. The van der Waals surface area contributed by atoms with Gasteiger partial charge in [0, 0.05) is 106 Å². The Labute approximate surface area is 367 Å². The van der Waals surface area contributed by atoms with Crippen LogP contribution in [0.3, 0.4) is 0 Å². The van der Waals surface area contributed by atoms with E-state index >= 15 is 0 Å². The predicted octanol–water partition coefficient (Wildman–Crippen LogP) is 12.1. The summed E-state index contributed by atoms with van der Waals surface area (Å²) in [5.74, 6) is 2.72. The second-order valence-corrected chi connectivity index (χ2v) is 17.4. The molecule has 0 bridgehead atoms. The molecule has 0 spiro atoms. The van der Waals surface area contributed by atoms with Crippen LogP contribution in [0.1, 0.15) is 86.1 Å². The molecule has 0 radical (unpaired) electrons. The van der Waals surface area contributed by atoms with Crippen LogP contribution in [0.25, 0.3) is 65.4 Å². The van der Waals surface area contributed by atoms with Crippen LogP contribution in [0, 0.1) is 53.9 Å². The van der Waals surface area contributed by atoms with Crippen molar-refractivity contribution in [3.8, 4) is 12.3 Å². The second-order valence-electron chi connectivity index (χ2n) is 17.4. The SMILES string of the molecule is C#CCCCn1c2cc(C)ccc2c2ccnc(C)c21.Cc1ccc2c3ccnc(C)c3n(CCCC(C)N)c2c1.Cc1ccc2c3ccnc(C)c3n(CCCC(C)N)c2c1. The number of nitrogens with two attached hydrogens (primary N) is 2. The number of unbranched alkanes of at least 4 members (excludes halogenated alkanes) is 1. The molecule has 0 aliphatic heterocycles. The Kier molecular flexibility index (Phi) is 13.8. The summed E-state index contributed by atoms with van der Waals surface area (Å²) in [7, 11) is 0. The van der Waals surface area contributed by atoms with Crippen molar-refractivity contribution >= 4 is 65.4 Å². The van der Waals surface area contributed by atoms with E-state index in [0.717, 1.165) is 75.2 Å². The lowest BCUT2D eigenvalue weighted by Crippen LogP contribution is -2.15.